The van der Waals surface area contributed by atoms with E-state index in [4.69, 9.17) is 11.6 Å². The molecule has 0 aliphatic heterocycles. The largest absolute Gasteiger partial charge is 0.350 e. The molecule has 3 rings (SSSR count). The zero-order chi connectivity index (χ0) is 24.7. The van der Waals surface area contributed by atoms with Gasteiger partial charge >= 0.3 is 0 Å². The summed E-state index contributed by atoms with van der Waals surface area (Å²) in [7, 11) is 0. The molecule has 3 aromatic rings. The van der Waals surface area contributed by atoms with E-state index in [0.29, 0.717) is 18.0 Å². The molecule has 4 nitrogen and oxygen atoms in total. The molecule has 1 atom stereocenters. The molecule has 0 bridgehead atoms. The topological polar surface area (TPSA) is 49.4 Å². The van der Waals surface area contributed by atoms with Crippen LogP contribution in [0.15, 0.2) is 78.9 Å². The Labute approximate surface area is 207 Å². The first-order chi connectivity index (χ1) is 16.1. The third-order valence-electron chi connectivity index (χ3n) is 5.54. The smallest absolute Gasteiger partial charge is 0.243 e. The Morgan fingerprint density at radius 3 is 2.12 bits per heavy atom. The fourth-order valence-corrected chi connectivity index (χ4v) is 4.01. The highest BCUT2D eigenvalue weighted by Gasteiger charge is 2.32. The van der Waals surface area contributed by atoms with Gasteiger partial charge in [-0.05, 0) is 50.5 Å². The molecule has 0 saturated carbocycles. The van der Waals surface area contributed by atoms with Crippen molar-refractivity contribution in [1.29, 1.82) is 0 Å². The van der Waals surface area contributed by atoms with Gasteiger partial charge in [0.1, 0.15) is 6.04 Å². The lowest BCUT2D eigenvalue weighted by atomic mass is 9.99. The van der Waals surface area contributed by atoms with Crippen molar-refractivity contribution in [1.82, 2.24) is 10.2 Å². The Hall–Kier alpha value is -3.11. The summed E-state index contributed by atoms with van der Waals surface area (Å²) in [4.78, 5) is 29.0. The van der Waals surface area contributed by atoms with E-state index in [9.17, 15) is 9.59 Å². The van der Waals surface area contributed by atoms with Gasteiger partial charge in [0.25, 0.3) is 0 Å². The van der Waals surface area contributed by atoms with Crippen LogP contribution in [0.4, 0.5) is 0 Å². The first kappa shape index (κ1) is 25.5. The van der Waals surface area contributed by atoms with Crippen molar-refractivity contribution >= 4 is 23.4 Å². The average molecular weight is 477 g/mol. The lowest BCUT2D eigenvalue weighted by Crippen LogP contribution is -2.54. The molecule has 0 radical (unpaired) electrons. The van der Waals surface area contributed by atoms with Gasteiger partial charge in [-0.3, -0.25) is 9.59 Å². The number of benzene rings is 3. The minimum Gasteiger partial charge on any atom is -0.350 e. The van der Waals surface area contributed by atoms with Gasteiger partial charge in [0.2, 0.25) is 11.8 Å². The van der Waals surface area contributed by atoms with Crippen LogP contribution in [0.5, 0.6) is 0 Å². The van der Waals surface area contributed by atoms with Crippen molar-refractivity contribution in [3.05, 3.63) is 106 Å². The third kappa shape index (κ3) is 7.46. The van der Waals surface area contributed by atoms with Crippen molar-refractivity contribution < 1.29 is 9.59 Å². The van der Waals surface area contributed by atoms with E-state index in [1.807, 2.05) is 100 Å². The number of halogens is 1. The van der Waals surface area contributed by atoms with Gasteiger partial charge in [0.15, 0.2) is 0 Å². The molecule has 3 aromatic carbocycles. The Bertz CT molecular complexity index is 1100. The summed E-state index contributed by atoms with van der Waals surface area (Å²) in [5, 5.41) is 3.63. The zero-order valence-electron chi connectivity index (χ0n) is 20.3. The number of aryl methyl sites for hydroxylation is 1. The van der Waals surface area contributed by atoms with Crippen LogP contribution >= 0.6 is 11.6 Å². The monoisotopic (exact) mass is 476 g/mol. The van der Waals surface area contributed by atoms with E-state index in [0.717, 1.165) is 22.3 Å². The Morgan fingerprint density at radius 1 is 0.882 bits per heavy atom. The first-order valence-electron chi connectivity index (χ1n) is 11.6. The van der Waals surface area contributed by atoms with E-state index in [-0.39, 0.29) is 18.2 Å². The summed E-state index contributed by atoms with van der Waals surface area (Å²) in [5.74, 6) is -0.311. The lowest BCUT2D eigenvalue weighted by molar-refractivity contribution is -0.141. The van der Waals surface area contributed by atoms with Crippen molar-refractivity contribution in [3.63, 3.8) is 0 Å². The van der Waals surface area contributed by atoms with Crippen LogP contribution in [0.25, 0.3) is 0 Å². The number of carbonyl (C=O) groups is 2. The molecule has 1 unspecified atom stereocenters. The molecule has 2 amide bonds. The summed E-state index contributed by atoms with van der Waals surface area (Å²) in [6.45, 7) is 8.19. The Balaban J connectivity index is 1.99. The second-order valence-electron chi connectivity index (χ2n) is 9.72. The van der Waals surface area contributed by atoms with Crippen LogP contribution in [-0.2, 0) is 29.0 Å². The maximum absolute atomic E-state index is 13.7. The molecule has 0 heterocycles. The number of carbonyl (C=O) groups excluding carboxylic acids is 2. The SMILES string of the molecule is Cc1ccc(CN(C(=O)Cc2ccccc2Cl)C(Cc2ccccc2)C(=O)NC(C)(C)C)cc1. The van der Waals surface area contributed by atoms with Gasteiger partial charge in [-0.15, -0.1) is 0 Å². The van der Waals surface area contributed by atoms with Gasteiger partial charge < -0.3 is 10.2 Å². The number of nitrogens with zero attached hydrogens (tertiary/aromatic N) is 1. The summed E-state index contributed by atoms with van der Waals surface area (Å²) < 4.78 is 0. The number of amides is 2. The molecule has 0 fully saturated rings. The maximum atomic E-state index is 13.7. The third-order valence-corrected chi connectivity index (χ3v) is 5.91. The molecule has 0 aliphatic rings. The maximum Gasteiger partial charge on any atom is 0.243 e. The number of rotatable bonds is 8. The molecule has 178 valence electrons. The summed E-state index contributed by atoms with van der Waals surface area (Å²) >= 11 is 6.36. The predicted octanol–water partition coefficient (Wildman–Crippen LogP) is 5.75. The molecular formula is C29H33ClN2O2. The summed E-state index contributed by atoms with van der Waals surface area (Å²) in [6, 6.07) is 24.5. The molecule has 5 heteroatoms. The van der Waals surface area contributed by atoms with Gasteiger partial charge in [-0.25, -0.2) is 0 Å². The molecule has 34 heavy (non-hydrogen) atoms. The first-order valence-corrected chi connectivity index (χ1v) is 11.9. The van der Waals surface area contributed by atoms with Crippen molar-refractivity contribution in [2.45, 2.75) is 58.7 Å². The van der Waals surface area contributed by atoms with Crippen molar-refractivity contribution in [3.8, 4) is 0 Å². The Morgan fingerprint density at radius 2 is 1.50 bits per heavy atom. The van der Waals surface area contributed by atoms with Crippen LogP contribution in [0.3, 0.4) is 0 Å². The normalized spacial score (nSPS) is 12.1. The van der Waals surface area contributed by atoms with Crippen LogP contribution in [0, 0.1) is 6.92 Å². The van der Waals surface area contributed by atoms with Crippen LogP contribution < -0.4 is 5.32 Å². The van der Waals surface area contributed by atoms with Gasteiger partial charge in [0.05, 0.1) is 6.42 Å². The standard InChI is InChI=1S/C29H33ClN2O2/c1-21-14-16-23(17-15-21)20-32(27(33)19-24-12-8-9-13-25(24)30)26(28(34)31-29(2,3)4)18-22-10-6-5-7-11-22/h5-17,26H,18-20H2,1-4H3,(H,31,34). The van der Waals surface area contributed by atoms with E-state index >= 15 is 0 Å². The number of hydrogen-bond acceptors (Lipinski definition) is 2. The molecule has 1 N–H and O–H groups in total. The fraction of sp³-hybridized carbons (Fsp3) is 0.310. The van der Waals surface area contributed by atoms with Crippen LogP contribution in [0.1, 0.15) is 43.0 Å². The Kier molecular flexibility index (Phi) is 8.51. The second-order valence-corrected chi connectivity index (χ2v) is 10.1. The van der Waals surface area contributed by atoms with Crippen molar-refractivity contribution in [2.75, 3.05) is 0 Å². The molecular weight excluding hydrogens is 444 g/mol. The summed E-state index contributed by atoms with van der Waals surface area (Å²) in [5.41, 5.74) is 3.44. The van der Waals surface area contributed by atoms with E-state index in [1.165, 1.54) is 0 Å². The second kappa shape index (κ2) is 11.3. The molecule has 0 aliphatic carbocycles. The number of nitrogens with one attached hydrogen (secondary N) is 1. The lowest BCUT2D eigenvalue weighted by Gasteiger charge is -2.34. The van der Waals surface area contributed by atoms with Gasteiger partial charge in [-0.1, -0.05) is 90.0 Å². The van der Waals surface area contributed by atoms with E-state index in [2.05, 4.69) is 5.32 Å². The highest BCUT2D eigenvalue weighted by molar-refractivity contribution is 6.31. The molecule has 0 aromatic heterocycles. The van der Waals surface area contributed by atoms with Gasteiger partial charge in [0, 0.05) is 23.5 Å². The van der Waals surface area contributed by atoms with Crippen molar-refractivity contribution in [2.24, 2.45) is 0 Å². The van der Waals surface area contributed by atoms with Crippen LogP contribution in [-0.4, -0.2) is 28.3 Å². The van der Waals surface area contributed by atoms with Gasteiger partial charge in [-0.2, -0.15) is 0 Å². The summed E-state index contributed by atoms with van der Waals surface area (Å²) in [6.07, 6.45) is 0.544. The minimum atomic E-state index is -0.669. The quantitative estimate of drug-likeness (QED) is 0.450. The predicted molar refractivity (Wildman–Crippen MR) is 139 cm³/mol. The molecule has 0 spiro atoms. The molecule has 0 saturated heterocycles. The zero-order valence-corrected chi connectivity index (χ0v) is 21.1. The average Bonchev–Trinajstić information content (AvgIpc) is 2.78. The highest BCUT2D eigenvalue weighted by Crippen LogP contribution is 2.21. The fourth-order valence-electron chi connectivity index (χ4n) is 3.80. The minimum absolute atomic E-state index is 0.125. The number of hydrogen-bond donors (Lipinski definition) is 1. The highest BCUT2D eigenvalue weighted by atomic mass is 35.5. The van der Waals surface area contributed by atoms with E-state index < -0.39 is 11.6 Å². The van der Waals surface area contributed by atoms with E-state index in [1.54, 1.807) is 11.0 Å². The van der Waals surface area contributed by atoms with Crippen LogP contribution in [0.2, 0.25) is 5.02 Å².